The Labute approximate surface area is 90.8 Å². The molecule has 0 N–H and O–H groups in total. The lowest BCUT2D eigenvalue weighted by atomic mass is 9.72. The number of hydrogen-bond donors (Lipinski definition) is 0. The van der Waals surface area contributed by atoms with Crippen LogP contribution in [0, 0.1) is 11.7 Å². The first-order chi connectivity index (χ1) is 7.10. The highest BCUT2D eigenvalue weighted by molar-refractivity contribution is 5.31. The van der Waals surface area contributed by atoms with Gasteiger partial charge in [-0.25, -0.2) is 4.39 Å². The third-order valence-corrected chi connectivity index (χ3v) is 3.30. The molecule has 0 nitrogen and oxygen atoms in total. The summed E-state index contributed by atoms with van der Waals surface area (Å²) in [6.45, 7) is 4.50. The van der Waals surface area contributed by atoms with Crippen molar-refractivity contribution >= 4 is 0 Å². The summed E-state index contributed by atoms with van der Waals surface area (Å²) in [7, 11) is 0. The van der Waals surface area contributed by atoms with Gasteiger partial charge in [-0.3, -0.25) is 0 Å². The standard InChI is InChI=1S/C14H17F/c1-11-4-3-9-14(2,10-11)12-5-7-13(15)8-6-12/h3,5-9,11H,4,10H2,1-2H3. The van der Waals surface area contributed by atoms with Gasteiger partial charge in [-0.15, -0.1) is 0 Å². The Balaban J connectivity index is 2.32. The van der Waals surface area contributed by atoms with Crippen LogP contribution in [0.5, 0.6) is 0 Å². The predicted molar refractivity (Wildman–Crippen MR) is 61.3 cm³/mol. The largest absolute Gasteiger partial charge is 0.207 e. The summed E-state index contributed by atoms with van der Waals surface area (Å²) >= 11 is 0. The zero-order chi connectivity index (χ0) is 10.9. The van der Waals surface area contributed by atoms with Crippen LogP contribution < -0.4 is 0 Å². The molecular weight excluding hydrogens is 187 g/mol. The molecule has 15 heavy (non-hydrogen) atoms. The van der Waals surface area contributed by atoms with Crippen molar-refractivity contribution in [3.05, 3.63) is 47.8 Å². The van der Waals surface area contributed by atoms with Crippen LogP contribution in [0.4, 0.5) is 4.39 Å². The maximum atomic E-state index is 12.8. The van der Waals surface area contributed by atoms with Crippen molar-refractivity contribution in [2.45, 2.75) is 32.1 Å². The van der Waals surface area contributed by atoms with Gasteiger partial charge in [0.2, 0.25) is 0 Å². The van der Waals surface area contributed by atoms with Gasteiger partial charge in [-0.05, 0) is 36.5 Å². The fraction of sp³-hybridized carbons (Fsp3) is 0.429. The van der Waals surface area contributed by atoms with E-state index in [4.69, 9.17) is 0 Å². The minimum Gasteiger partial charge on any atom is -0.207 e. The van der Waals surface area contributed by atoms with E-state index in [0.29, 0.717) is 5.92 Å². The molecule has 0 fully saturated rings. The smallest absolute Gasteiger partial charge is 0.123 e. The van der Waals surface area contributed by atoms with Crippen molar-refractivity contribution in [1.82, 2.24) is 0 Å². The minimum absolute atomic E-state index is 0.0887. The fourth-order valence-corrected chi connectivity index (χ4v) is 2.48. The summed E-state index contributed by atoms with van der Waals surface area (Å²) < 4.78 is 12.8. The summed E-state index contributed by atoms with van der Waals surface area (Å²) in [5.41, 5.74) is 1.30. The summed E-state index contributed by atoms with van der Waals surface area (Å²) in [4.78, 5) is 0. The normalized spacial score (nSPS) is 30.5. The molecule has 80 valence electrons. The molecule has 2 unspecified atom stereocenters. The van der Waals surface area contributed by atoms with Gasteiger partial charge in [0.1, 0.15) is 5.82 Å². The molecular formula is C14H17F. The first kappa shape index (κ1) is 10.4. The third-order valence-electron chi connectivity index (χ3n) is 3.30. The number of hydrogen-bond acceptors (Lipinski definition) is 0. The van der Waals surface area contributed by atoms with Crippen molar-refractivity contribution < 1.29 is 4.39 Å². The molecule has 2 atom stereocenters. The summed E-state index contributed by atoms with van der Waals surface area (Å²) in [6, 6.07) is 6.90. The Bertz CT molecular complexity index is 363. The third kappa shape index (κ3) is 2.11. The lowest BCUT2D eigenvalue weighted by Crippen LogP contribution is -2.25. The molecule has 0 heterocycles. The second-order valence-corrected chi connectivity index (χ2v) is 4.87. The van der Waals surface area contributed by atoms with Gasteiger partial charge in [-0.2, -0.15) is 0 Å². The predicted octanol–water partition coefficient (Wildman–Crippen LogP) is 4.07. The molecule has 0 spiro atoms. The van der Waals surface area contributed by atoms with Gasteiger partial charge in [0.05, 0.1) is 0 Å². The van der Waals surface area contributed by atoms with Gasteiger partial charge < -0.3 is 0 Å². The molecule has 0 saturated carbocycles. The zero-order valence-electron chi connectivity index (χ0n) is 9.33. The average molecular weight is 204 g/mol. The molecule has 0 amide bonds. The zero-order valence-corrected chi connectivity index (χ0v) is 9.33. The molecule has 1 heteroatoms. The number of allylic oxidation sites excluding steroid dienone is 2. The molecule has 1 aromatic rings. The van der Waals surface area contributed by atoms with E-state index in [1.54, 1.807) is 12.1 Å². The van der Waals surface area contributed by atoms with E-state index in [1.807, 2.05) is 12.1 Å². The van der Waals surface area contributed by atoms with Gasteiger partial charge in [-0.1, -0.05) is 38.1 Å². The van der Waals surface area contributed by atoms with E-state index in [-0.39, 0.29) is 11.2 Å². The van der Waals surface area contributed by atoms with Crippen molar-refractivity contribution in [2.75, 3.05) is 0 Å². The molecule has 0 saturated heterocycles. The van der Waals surface area contributed by atoms with Crippen molar-refractivity contribution in [3.63, 3.8) is 0 Å². The first-order valence-corrected chi connectivity index (χ1v) is 5.54. The SMILES string of the molecule is CC1CC=CC(C)(c2ccc(F)cc2)C1. The van der Waals surface area contributed by atoms with Gasteiger partial charge >= 0.3 is 0 Å². The maximum Gasteiger partial charge on any atom is 0.123 e. The average Bonchev–Trinajstić information content (AvgIpc) is 2.18. The second-order valence-electron chi connectivity index (χ2n) is 4.87. The Morgan fingerprint density at radius 3 is 2.53 bits per heavy atom. The van der Waals surface area contributed by atoms with Gasteiger partial charge in [0, 0.05) is 5.41 Å². The topological polar surface area (TPSA) is 0 Å². The van der Waals surface area contributed by atoms with E-state index in [0.717, 1.165) is 12.8 Å². The van der Waals surface area contributed by atoms with E-state index in [9.17, 15) is 4.39 Å². The Hall–Kier alpha value is -1.11. The fourth-order valence-electron chi connectivity index (χ4n) is 2.48. The van der Waals surface area contributed by atoms with Crippen LogP contribution in [0.3, 0.4) is 0 Å². The van der Waals surface area contributed by atoms with E-state index < -0.39 is 0 Å². The summed E-state index contributed by atoms with van der Waals surface area (Å²) in [5, 5.41) is 0. The van der Waals surface area contributed by atoms with Crippen molar-refractivity contribution in [1.29, 1.82) is 0 Å². The Morgan fingerprint density at radius 1 is 1.27 bits per heavy atom. The Kier molecular flexibility index (Phi) is 2.64. The second kappa shape index (κ2) is 3.80. The van der Waals surface area contributed by atoms with Crippen LogP contribution in [-0.4, -0.2) is 0 Å². The lowest BCUT2D eigenvalue weighted by molar-refractivity contribution is 0.395. The van der Waals surface area contributed by atoms with Gasteiger partial charge in [0.15, 0.2) is 0 Å². The summed E-state index contributed by atoms with van der Waals surface area (Å²) in [5.74, 6) is 0.556. The monoisotopic (exact) mass is 204 g/mol. The molecule has 0 radical (unpaired) electrons. The Morgan fingerprint density at radius 2 is 1.93 bits per heavy atom. The maximum absolute atomic E-state index is 12.8. The highest BCUT2D eigenvalue weighted by Gasteiger charge is 2.28. The highest BCUT2D eigenvalue weighted by Crippen LogP contribution is 2.37. The molecule has 0 aromatic heterocycles. The van der Waals surface area contributed by atoms with Crippen LogP contribution in [0.15, 0.2) is 36.4 Å². The summed E-state index contributed by atoms with van der Waals surface area (Å²) in [6.07, 6.45) is 6.82. The van der Waals surface area contributed by atoms with E-state index in [2.05, 4.69) is 26.0 Å². The molecule has 2 rings (SSSR count). The van der Waals surface area contributed by atoms with Crippen molar-refractivity contribution in [3.8, 4) is 0 Å². The van der Waals surface area contributed by atoms with Crippen molar-refractivity contribution in [2.24, 2.45) is 5.92 Å². The first-order valence-electron chi connectivity index (χ1n) is 5.54. The van der Waals surface area contributed by atoms with Crippen LogP contribution >= 0.6 is 0 Å². The van der Waals surface area contributed by atoms with Gasteiger partial charge in [0.25, 0.3) is 0 Å². The molecule has 1 aliphatic carbocycles. The number of rotatable bonds is 1. The molecule has 1 aliphatic rings. The van der Waals surface area contributed by atoms with Crippen LogP contribution in [0.1, 0.15) is 32.3 Å². The number of halogens is 1. The van der Waals surface area contributed by atoms with Crippen LogP contribution in [0.2, 0.25) is 0 Å². The molecule has 1 aromatic carbocycles. The lowest BCUT2D eigenvalue weighted by Gasteiger charge is -2.33. The molecule has 0 bridgehead atoms. The van der Waals surface area contributed by atoms with Crippen LogP contribution in [-0.2, 0) is 5.41 Å². The van der Waals surface area contributed by atoms with E-state index in [1.165, 1.54) is 5.56 Å². The minimum atomic E-state index is -0.157. The molecule has 0 aliphatic heterocycles. The van der Waals surface area contributed by atoms with Crippen LogP contribution in [0.25, 0.3) is 0 Å². The highest BCUT2D eigenvalue weighted by atomic mass is 19.1. The quantitative estimate of drug-likeness (QED) is 0.605. The number of benzene rings is 1. The van der Waals surface area contributed by atoms with E-state index >= 15 is 0 Å².